The van der Waals surface area contributed by atoms with Crippen molar-refractivity contribution in [2.45, 2.75) is 46.2 Å². The molecule has 3 aromatic carbocycles. The second-order valence-electron chi connectivity index (χ2n) is 8.56. The van der Waals surface area contributed by atoms with Crippen LogP contribution < -0.4 is 10.1 Å². The third kappa shape index (κ3) is 7.20. The number of rotatable bonds is 11. The Hall–Kier alpha value is -3.60. The van der Waals surface area contributed by atoms with Crippen LogP contribution in [0.5, 0.6) is 5.75 Å². The molecule has 1 atom stereocenters. The first kappa shape index (κ1) is 25.0. The number of amides is 2. The average Bonchev–Trinajstić information content (AvgIpc) is 2.85. The Bertz CT molecular complexity index is 1060. The number of nitrogens with zero attached hydrogens (tertiary/aromatic N) is 1. The van der Waals surface area contributed by atoms with Gasteiger partial charge in [0, 0.05) is 19.5 Å². The third-order valence-corrected chi connectivity index (χ3v) is 5.74. The van der Waals surface area contributed by atoms with E-state index in [4.69, 9.17) is 4.74 Å². The monoisotopic (exact) mass is 458 g/mol. The van der Waals surface area contributed by atoms with Gasteiger partial charge in [0.1, 0.15) is 11.8 Å². The summed E-state index contributed by atoms with van der Waals surface area (Å²) >= 11 is 0. The lowest BCUT2D eigenvalue weighted by Gasteiger charge is -2.31. The molecule has 178 valence electrons. The molecule has 5 heteroatoms. The summed E-state index contributed by atoms with van der Waals surface area (Å²) in [5.41, 5.74) is 4.07. The second kappa shape index (κ2) is 12.6. The van der Waals surface area contributed by atoms with Crippen molar-refractivity contribution in [1.82, 2.24) is 10.2 Å². The summed E-state index contributed by atoms with van der Waals surface area (Å²) in [5, 5.41) is 2.99. The number of hydrogen-bond acceptors (Lipinski definition) is 3. The maximum atomic E-state index is 13.5. The van der Waals surface area contributed by atoms with Crippen molar-refractivity contribution in [2.75, 3.05) is 13.2 Å². The van der Waals surface area contributed by atoms with Crippen LogP contribution >= 0.6 is 0 Å². The molecular weight excluding hydrogens is 424 g/mol. The summed E-state index contributed by atoms with van der Waals surface area (Å²) in [5.74, 6) is 0.291. The van der Waals surface area contributed by atoms with Crippen LogP contribution in [-0.4, -0.2) is 35.9 Å². The van der Waals surface area contributed by atoms with Crippen molar-refractivity contribution in [3.63, 3.8) is 0 Å². The molecule has 0 radical (unpaired) electrons. The first-order valence-corrected chi connectivity index (χ1v) is 11.8. The quantitative estimate of drug-likeness (QED) is 0.447. The highest BCUT2D eigenvalue weighted by Crippen LogP contribution is 2.19. The smallest absolute Gasteiger partial charge is 0.261 e. The summed E-state index contributed by atoms with van der Waals surface area (Å²) in [6.45, 7) is 6.74. The molecule has 34 heavy (non-hydrogen) atoms. The number of aryl methyl sites for hydroxylation is 2. The minimum atomic E-state index is -0.650. The zero-order valence-electron chi connectivity index (χ0n) is 20.3. The third-order valence-electron chi connectivity index (χ3n) is 5.74. The van der Waals surface area contributed by atoms with E-state index < -0.39 is 6.04 Å². The Morgan fingerprint density at radius 1 is 0.882 bits per heavy atom. The van der Waals surface area contributed by atoms with Gasteiger partial charge in [-0.1, -0.05) is 85.3 Å². The fourth-order valence-corrected chi connectivity index (χ4v) is 3.75. The zero-order chi connectivity index (χ0) is 24.3. The zero-order valence-corrected chi connectivity index (χ0v) is 20.3. The number of para-hydroxylation sites is 1. The van der Waals surface area contributed by atoms with Gasteiger partial charge in [-0.2, -0.15) is 0 Å². The topological polar surface area (TPSA) is 58.6 Å². The fourth-order valence-electron chi connectivity index (χ4n) is 3.75. The highest BCUT2D eigenvalue weighted by molar-refractivity contribution is 5.88. The van der Waals surface area contributed by atoms with Crippen molar-refractivity contribution in [1.29, 1.82) is 0 Å². The minimum absolute atomic E-state index is 0.136. The van der Waals surface area contributed by atoms with E-state index in [1.165, 1.54) is 0 Å². The normalized spacial score (nSPS) is 11.5. The van der Waals surface area contributed by atoms with Crippen LogP contribution in [0.4, 0.5) is 0 Å². The van der Waals surface area contributed by atoms with Crippen molar-refractivity contribution in [2.24, 2.45) is 0 Å². The van der Waals surface area contributed by atoms with Crippen LogP contribution in [-0.2, 0) is 22.6 Å². The van der Waals surface area contributed by atoms with Gasteiger partial charge in [-0.15, -0.1) is 0 Å². The highest BCUT2D eigenvalue weighted by Gasteiger charge is 2.30. The number of carbonyl (C=O) groups is 2. The first-order chi connectivity index (χ1) is 16.5. The van der Waals surface area contributed by atoms with Gasteiger partial charge >= 0.3 is 0 Å². The summed E-state index contributed by atoms with van der Waals surface area (Å²) < 4.78 is 5.87. The van der Waals surface area contributed by atoms with Crippen molar-refractivity contribution < 1.29 is 14.3 Å². The first-order valence-electron chi connectivity index (χ1n) is 11.8. The Labute approximate surface area is 202 Å². The SMILES string of the molecule is CCCNC(=O)C(Cc1ccccc1)N(Cc1ccc(C)cc1)C(=O)COc1ccccc1C. The average molecular weight is 459 g/mol. The van der Waals surface area contributed by atoms with Gasteiger partial charge in [0.05, 0.1) is 0 Å². The summed E-state index contributed by atoms with van der Waals surface area (Å²) in [7, 11) is 0. The molecule has 0 aromatic heterocycles. The molecule has 2 amide bonds. The molecule has 0 fully saturated rings. The summed E-state index contributed by atoms with van der Waals surface area (Å²) in [6, 6.07) is 24.8. The number of nitrogens with one attached hydrogen (secondary N) is 1. The Morgan fingerprint density at radius 3 is 2.24 bits per heavy atom. The predicted octanol–water partition coefficient (Wildman–Crippen LogP) is 4.85. The molecule has 0 bridgehead atoms. The largest absolute Gasteiger partial charge is 0.484 e. The highest BCUT2D eigenvalue weighted by atomic mass is 16.5. The van der Waals surface area contributed by atoms with Crippen LogP contribution in [0.15, 0.2) is 78.9 Å². The molecule has 1 unspecified atom stereocenters. The number of hydrogen-bond donors (Lipinski definition) is 1. The van der Waals surface area contributed by atoms with Gasteiger partial charge in [0.2, 0.25) is 5.91 Å². The standard InChI is InChI=1S/C29H34N2O3/c1-4-18-30-29(33)26(19-24-11-6-5-7-12-24)31(20-25-16-14-22(2)15-17-25)28(32)21-34-27-13-9-8-10-23(27)3/h5-17,26H,4,18-21H2,1-3H3,(H,30,33). The molecular formula is C29H34N2O3. The lowest BCUT2D eigenvalue weighted by atomic mass is 10.0. The molecule has 0 aliphatic carbocycles. The molecule has 5 nitrogen and oxygen atoms in total. The maximum Gasteiger partial charge on any atom is 0.261 e. The Balaban J connectivity index is 1.89. The second-order valence-corrected chi connectivity index (χ2v) is 8.56. The van der Waals surface area contributed by atoms with E-state index in [-0.39, 0.29) is 18.4 Å². The predicted molar refractivity (Wildman–Crippen MR) is 136 cm³/mol. The lowest BCUT2D eigenvalue weighted by molar-refractivity contribution is -0.142. The molecule has 3 rings (SSSR count). The molecule has 3 aromatic rings. The molecule has 0 aliphatic heterocycles. The van der Waals surface area contributed by atoms with Gasteiger partial charge in [-0.05, 0) is 43.0 Å². The Kier molecular flexibility index (Phi) is 9.27. The molecule has 1 N–H and O–H groups in total. The van der Waals surface area contributed by atoms with E-state index in [9.17, 15) is 9.59 Å². The van der Waals surface area contributed by atoms with Gasteiger partial charge in [-0.3, -0.25) is 9.59 Å². The maximum absolute atomic E-state index is 13.5. The lowest BCUT2D eigenvalue weighted by Crippen LogP contribution is -2.51. The van der Waals surface area contributed by atoms with Crippen molar-refractivity contribution in [3.05, 3.63) is 101 Å². The fraction of sp³-hybridized carbons (Fsp3) is 0.310. The van der Waals surface area contributed by atoms with E-state index in [0.717, 1.165) is 28.7 Å². The molecule has 0 aliphatic rings. The minimum Gasteiger partial charge on any atom is -0.484 e. The van der Waals surface area contributed by atoms with Gasteiger partial charge < -0.3 is 15.0 Å². The van der Waals surface area contributed by atoms with Crippen LogP contribution in [0, 0.1) is 13.8 Å². The number of ether oxygens (including phenoxy) is 1. The summed E-state index contributed by atoms with van der Waals surface area (Å²) in [6.07, 6.45) is 1.25. The van der Waals surface area contributed by atoms with Gasteiger partial charge in [0.25, 0.3) is 5.91 Å². The number of carbonyl (C=O) groups excluding carboxylic acids is 2. The van der Waals surface area contributed by atoms with Crippen LogP contribution in [0.1, 0.15) is 35.6 Å². The van der Waals surface area contributed by atoms with Crippen molar-refractivity contribution in [3.8, 4) is 5.75 Å². The number of benzene rings is 3. The molecule has 0 saturated heterocycles. The van der Waals surface area contributed by atoms with E-state index in [2.05, 4.69) is 5.32 Å². The van der Waals surface area contributed by atoms with Gasteiger partial charge in [-0.25, -0.2) is 0 Å². The molecule has 0 spiro atoms. The van der Waals surface area contributed by atoms with Crippen LogP contribution in [0.3, 0.4) is 0 Å². The molecule has 0 saturated carbocycles. The Morgan fingerprint density at radius 2 is 1.56 bits per heavy atom. The van der Waals surface area contributed by atoms with E-state index >= 15 is 0 Å². The summed E-state index contributed by atoms with van der Waals surface area (Å²) in [4.78, 5) is 28.5. The van der Waals surface area contributed by atoms with E-state index in [1.807, 2.05) is 99.6 Å². The van der Waals surface area contributed by atoms with Crippen LogP contribution in [0.25, 0.3) is 0 Å². The van der Waals surface area contributed by atoms with E-state index in [0.29, 0.717) is 25.3 Å². The molecule has 0 heterocycles. The van der Waals surface area contributed by atoms with Gasteiger partial charge in [0.15, 0.2) is 6.61 Å². The van der Waals surface area contributed by atoms with Crippen molar-refractivity contribution >= 4 is 11.8 Å². The van der Waals surface area contributed by atoms with Crippen LogP contribution in [0.2, 0.25) is 0 Å². The van der Waals surface area contributed by atoms with E-state index in [1.54, 1.807) is 4.90 Å².